The molecule has 1 rings (SSSR count). The van der Waals surface area contributed by atoms with E-state index in [9.17, 15) is 24.0 Å². The van der Waals surface area contributed by atoms with Gasteiger partial charge in [0.25, 0.3) is 0 Å². The minimum Gasteiger partial charge on any atom is -0.463 e. The third-order valence-corrected chi connectivity index (χ3v) is 4.99. The van der Waals surface area contributed by atoms with Crippen molar-refractivity contribution in [3.8, 4) is 0 Å². The second-order valence-electron chi connectivity index (χ2n) is 9.22. The van der Waals surface area contributed by atoms with Crippen LogP contribution in [0.4, 0.5) is 0 Å². The van der Waals surface area contributed by atoms with Crippen LogP contribution in [0.3, 0.4) is 0 Å². The van der Waals surface area contributed by atoms with E-state index >= 15 is 0 Å². The third kappa shape index (κ3) is 10.2. The molecule has 0 spiro atoms. The summed E-state index contributed by atoms with van der Waals surface area (Å²) < 4.78 is 27.5. The van der Waals surface area contributed by atoms with Crippen molar-refractivity contribution >= 4 is 29.6 Å². The van der Waals surface area contributed by atoms with Gasteiger partial charge in [0.15, 0.2) is 18.5 Å². The number of hydrogen-bond donors (Lipinski definition) is 1. The maximum absolute atomic E-state index is 12.1. The Kier molecular flexibility index (Phi) is 11.6. The van der Waals surface area contributed by atoms with E-state index in [1.807, 2.05) is 20.8 Å². The van der Waals surface area contributed by atoms with Crippen LogP contribution in [0.2, 0.25) is 0 Å². The second-order valence-corrected chi connectivity index (χ2v) is 9.22. The summed E-state index contributed by atoms with van der Waals surface area (Å²) in [4.78, 5) is 58.9. The zero-order chi connectivity index (χ0) is 26.1. The number of Topliss-reactive ketones (excluding diaryl/α,β-unsaturated/α-hetero) is 1. The molecule has 1 aliphatic rings. The number of unbranched alkanes of at least 4 members (excludes halogenated alkanes) is 1. The van der Waals surface area contributed by atoms with Crippen molar-refractivity contribution in [3.63, 3.8) is 0 Å². The highest BCUT2D eigenvalue weighted by molar-refractivity contribution is 5.83. The van der Waals surface area contributed by atoms with Gasteiger partial charge < -0.3 is 29.0 Å². The van der Waals surface area contributed by atoms with E-state index in [1.165, 1.54) is 27.7 Å². The van der Waals surface area contributed by atoms with Gasteiger partial charge in [0.05, 0.1) is 0 Å². The maximum Gasteiger partial charge on any atom is 0.303 e. The Morgan fingerprint density at radius 3 is 1.94 bits per heavy atom. The van der Waals surface area contributed by atoms with Gasteiger partial charge in [0.2, 0.25) is 5.91 Å². The molecule has 0 bridgehead atoms. The first-order valence-electron chi connectivity index (χ1n) is 11.3. The quantitative estimate of drug-likeness (QED) is 0.258. The standard InChI is InChI=1S/C23H37NO10/c1-13(25)24-19-21(33-16(4)28)20(32-15(3)27)17(12-31-14(2)26)34-22(19)30-11-9-8-10-18(29)23(5,6)7/h17,19-22H,8-12H2,1-7H3,(H,24,25). The number of rotatable bonds is 11. The van der Waals surface area contributed by atoms with Gasteiger partial charge in [-0.3, -0.25) is 24.0 Å². The van der Waals surface area contributed by atoms with Gasteiger partial charge in [-0.1, -0.05) is 20.8 Å². The Balaban J connectivity index is 3.04. The summed E-state index contributed by atoms with van der Waals surface area (Å²) in [7, 11) is 0. The number of esters is 3. The fourth-order valence-electron chi connectivity index (χ4n) is 3.40. The molecule has 5 atom stereocenters. The average Bonchev–Trinajstić information content (AvgIpc) is 2.68. The van der Waals surface area contributed by atoms with Crippen LogP contribution in [0.25, 0.3) is 0 Å². The summed E-state index contributed by atoms with van der Waals surface area (Å²) in [5.74, 6) is -2.25. The zero-order valence-corrected chi connectivity index (χ0v) is 21.0. The second kappa shape index (κ2) is 13.4. The van der Waals surface area contributed by atoms with Crippen LogP contribution in [0.5, 0.6) is 0 Å². The first-order chi connectivity index (χ1) is 15.7. The van der Waals surface area contributed by atoms with Crippen molar-refractivity contribution in [1.82, 2.24) is 5.32 Å². The molecule has 0 aromatic rings. The Labute approximate surface area is 200 Å². The lowest BCUT2D eigenvalue weighted by molar-refractivity contribution is -0.277. The largest absolute Gasteiger partial charge is 0.463 e. The Bertz CT molecular complexity index is 745. The molecule has 1 heterocycles. The molecule has 11 heteroatoms. The number of nitrogens with one attached hydrogen (secondary N) is 1. The van der Waals surface area contributed by atoms with E-state index in [4.69, 9.17) is 23.7 Å². The van der Waals surface area contributed by atoms with Gasteiger partial charge >= 0.3 is 17.9 Å². The van der Waals surface area contributed by atoms with Gasteiger partial charge in [-0.2, -0.15) is 0 Å². The molecule has 0 aliphatic carbocycles. The first kappa shape index (κ1) is 29.5. The molecular formula is C23H37NO10. The molecule has 5 unspecified atom stereocenters. The molecule has 1 saturated heterocycles. The first-order valence-corrected chi connectivity index (χ1v) is 11.3. The smallest absolute Gasteiger partial charge is 0.303 e. The van der Waals surface area contributed by atoms with Crippen LogP contribution >= 0.6 is 0 Å². The zero-order valence-electron chi connectivity index (χ0n) is 21.0. The van der Waals surface area contributed by atoms with Crippen molar-refractivity contribution in [1.29, 1.82) is 0 Å². The van der Waals surface area contributed by atoms with Crippen molar-refractivity contribution in [2.24, 2.45) is 5.41 Å². The van der Waals surface area contributed by atoms with Crippen LogP contribution < -0.4 is 5.32 Å². The van der Waals surface area contributed by atoms with Crippen LogP contribution in [0, 0.1) is 5.41 Å². The molecule has 0 radical (unpaired) electrons. The van der Waals surface area contributed by atoms with Crippen LogP contribution in [-0.4, -0.2) is 73.5 Å². The lowest BCUT2D eigenvalue weighted by Crippen LogP contribution is -2.66. The van der Waals surface area contributed by atoms with E-state index in [0.717, 1.165) is 0 Å². The predicted octanol–water partition coefficient (Wildman–Crippen LogP) is 1.44. The molecule has 0 aromatic heterocycles. The fraction of sp³-hybridized carbons (Fsp3) is 0.783. The van der Waals surface area contributed by atoms with Crippen LogP contribution in [-0.2, 0) is 47.7 Å². The molecule has 1 fully saturated rings. The summed E-state index contributed by atoms with van der Waals surface area (Å²) >= 11 is 0. The molecule has 34 heavy (non-hydrogen) atoms. The monoisotopic (exact) mass is 487 g/mol. The molecule has 0 saturated carbocycles. The molecule has 0 aromatic carbocycles. The SMILES string of the molecule is CC(=O)NC1C(OCCCCC(=O)C(C)(C)C)OC(COC(C)=O)C(OC(C)=O)C1OC(C)=O. The van der Waals surface area contributed by atoms with Gasteiger partial charge in [-0.05, 0) is 12.8 Å². The van der Waals surface area contributed by atoms with Crippen molar-refractivity contribution in [2.75, 3.05) is 13.2 Å². The molecule has 1 aliphatic heterocycles. The highest BCUT2D eigenvalue weighted by Crippen LogP contribution is 2.28. The van der Waals surface area contributed by atoms with Gasteiger partial charge in [0.1, 0.15) is 24.5 Å². The topological polar surface area (TPSA) is 144 Å². The number of hydrogen-bond acceptors (Lipinski definition) is 10. The summed E-state index contributed by atoms with van der Waals surface area (Å²) in [5, 5.41) is 2.64. The fourth-order valence-corrected chi connectivity index (χ4v) is 3.40. The van der Waals surface area contributed by atoms with Crippen molar-refractivity contribution in [3.05, 3.63) is 0 Å². The summed E-state index contributed by atoms with van der Waals surface area (Å²) in [6.07, 6.45) is -2.92. The third-order valence-electron chi connectivity index (χ3n) is 4.99. The number of ketones is 1. The Morgan fingerprint density at radius 1 is 0.853 bits per heavy atom. The Morgan fingerprint density at radius 2 is 1.44 bits per heavy atom. The van der Waals surface area contributed by atoms with Crippen LogP contribution in [0.1, 0.15) is 67.7 Å². The van der Waals surface area contributed by atoms with Gasteiger partial charge in [0, 0.05) is 46.1 Å². The highest BCUT2D eigenvalue weighted by atomic mass is 16.7. The number of carbonyl (C=O) groups excluding carboxylic acids is 5. The molecule has 1 N–H and O–H groups in total. The van der Waals surface area contributed by atoms with Gasteiger partial charge in [-0.15, -0.1) is 0 Å². The van der Waals surface area contributed by atoms with E-state index < -0.39 is 59.9 Å². The van der Waals surface area contributed by atoms with Crippen LogP contribution in [0.15, 0.2) is 0 Å². The number of carbonyl (C=O) groups is 5. The predicted molar refractivity (Wildman–Crippen MR) is 118 cm³/mol. The summed E-state index contributed by atoms with van der Waals surface area (Å²) in [6, 6.07) is -1.00. The molecule has 1 amide bonds. The lowest BCUT2D eigenvalue weighted by Gasteiger charge is -2.44. The number of ether oxygens (including phenoxy) is 5. The molecular weight excluding hydrogens is 450 g/mol. The summed E-state index contributed by atoms with van der Waals surface area (Å²) in [5.41, 5.74) is -0.420. The van der Waals surface area contributed by atoms with E-state index in [0.29, 0.717) is 19.3 Å². The maximum atomic E-state index is 12.1. The van der Waals surface area contributed by atoms with E-state index in [-0.39, 0.29) is 19.0 Å². The van der Waals surface area contributed by atoms with E-state index in [1.54, 1.807) is 0 Å². The Hall–Kier alpha value is -2.53. The number of amides is 1. The minimum absolute atomic E-state index is 0.137. The minimum atomic E-state index is -1.16. The van der Waals surface area contributed by atoms with E-state index in [2.05, 4.69) is 5.32 Å². The lowest BCUT2D eigenvalue weighted by atomic mass is 9.88. The highest BCUT2D eigenvalue weighted by Gasteiger charge is 2.51. The van der Waals surface area contributed by atoms with Crippen molar-refractivity contribution < 1.29 is 47.7 Å². The normalized spacial score (nSPS) is 24.6. The average molecular weight is 488 g/mol. The van der Waals surface area contributed by atoms with Gasteiger partial charge in [-0.25, -0.2) is 0 Å². The molecule has 194 valence electrons. The molecule has 11 nitrogen and oxygen atoms in total. The summed E-state index contributed by atoms with van der Waals surface area (Å²) in [6.45, 7) is 10.3. The van der Waals surface area contributed by atoms with Crippen molar-refractivity contribution in [2.45, 2.75) is 98.4 Å².